The quantitative estimate of drug-likeness (QED) is 0.122. The van der Waals surface area contributed by atoms with Crippen molar-refractivity contribution in [3.8, 4) is 22.3 Å². The lowest BCUT2D eigenvalue weighted by Crippen LogP contribution is -2.10. The first kappa shape index (κ1) is 32.1. The average molecular weight is 749 g/mol. The SMILES string of the molecule is Cc1cccc(C)c1-c1cc2c3ccccc3c(=C(Cl)Cl)c3cc4c(-c5c(C)cccc5C)cc5c6ccccc6c(=C(Cl)Cl)c6cc1c(c32)c4c65. The molecule has 0 atom stereocenters. The number of rotatable bonds is 2. The first-order valence-corrected chi connectivity index (χ1v) is 19.0. The Labute approximate surface area is 320 Å². The smallest absolute Gasteiger partial charge is 0.0702 e. The second-order valence-corrected chi connectivity index (χ2v) is 16.2. The molecule has 0 nitrogen and oxygen atoms in total. The van der Waals surface area contributed by atoms with E-state index >= 15 is 0 Å². The molecular weight excluding hydrogens is 718 g/mol. The lowest BCUT2D eigenvalue weighted by Gasteiger charge is -2.25. The molecule has 0 fully saturated rings. The summed E-state index contributed by atoms with van der Waals surface area (Å²) in [5, 5.41) is 17.4. The van der Waals surface area contributed by atoms with E-state index in [1.54, 1.807) is 0 Å². The van der Waals surface area contributed by atoms with Crippen molar-refractivity contribution in [3.05, 3.63) is 142 Å². The van der Waals surface area contributed by atoms with Gasteiger partial charge in [-0.05, 0) is 172 Å². The highest BCUT2D eigenvalue weighted by atomic mass is 35.5. The molecule has 0 bridgehead atoms. The van der Waals surface area contributed by atoms with E-state index in [2.05, 4.69) is 137 Å². The highest BCUT2D eigenvalue weighted by molar-refractivity contribution is 6.75. The summed E-state index contributed by atoms with van der Waals surface area (Å²) in [5.74, 6) is 0. The summed E-state index contributed by atoms with van der Waals surface area (Å²) < 4.78 is 0.513. The highest BCUT2D eigenvalue weighted by Gasteiger charge is 2.26. The van der Waals surface area contributed by atoms with Crippen LogP contribution < -0.4 is 10.4 Å². The molecule has 0 heterocycles. The summed E-state index contributed by atoms with van der Waals surface area (Å²) in [5.41, 5.74) is 9.70. The molecule has 0 radical (unpaired) electrons. The molecule has 10 rings (SSSR count). The van der Waals surface area contributed by atoms with E-state index in [4.69, 9.17) is 46.4 Å². The van der Waals surface area contributed by atoms with Crippen LogP contribution in [-0.4, -0.2) is 0 Å². The van der Waals surface area contributed by atoms with Crippen LogP contribution in [0.15, 0.2) is 109 Å². The Morgan fingerprint density at radius 2 is 0.673 bits per heavy atom. The number of hydrogen-bond donors (Lipinski definition) is 0. The minimum atomic E-state index is 0.257. The largest absolute Gasteiger partial charge is 0.115 e. The molecule has 10 aromatic rings. The van der Waals surface area contributed by atoms with Gasteiger partial charge in [0, 0.05) is 10.4 Å². The van der Waals surface area contributed by atoms with Crippen LogP contribution in [0.3, 0.4) is 0 Å². The molecule has 0 saturated carbocycles. The standard InChI is InChI=1S/C48H30Cl4/c1-23-11-9-12-24(2)39(23)33-19-31-27-15-5-7-17-29(27)44(48(51)52)38-22-36-34(40-25(3)13-10-14-26(40)4)20-32-28-16-6-8-18-30(28)43(47(49)50)37-21-35(33)45(41(31)38)46(36)42(32)37/h5-22H,1-4H3. The molecule has 0 spiro atoms. The third-order valence-corrected chi connectivity index (χ3v) is 12.2. The first-order valence-electron chi connectivity index (χ1n) is 17.5. The molecule has 0 aliphatic rings. The van der Waals surface area contributed by atoms with Crippen molar-refractivity contribution >= 4 is 131 Å². The zero-order valence-corrected chi connectivity index (χ0v) is 31.9. The molecule has 0 aliphatic carbocycles. The molecule has 0 unspecified atom stereocenters. The Hall–Kier alpha value is -4.56. The molecule has 0 saturated heterocycles. The van der Waals surface area contributed by atoms with Crippen LogP contribution >= 0.6 is 46.4 Å². The number of aryl methyl sites for hydroxylation is 4. The first-order chi connectivity index (χ1) is 25.2. The van der Waals surface area contributed by atoms with Gasteiger partial charge in [-0.15, -0.1) is 0 Å². The Morgan fingerprint density at radius 1 is 0.327 bits per heavy atom. The van der Waals surface area contributed by atoms with E-state index in [1.165, 1.54) is 66.1 Å². The average Bonchev–Trinajstić information content (AvgIpc) is 3.12. The van der Waals surface area contributed by atoms with Gasteiger partial charge in [-0.1, -0.05) is 131 Å². The predicted octanol–water partition coefficient (Wildman–Crippen LogP) is 14.3. The van der Waals surface area contributed by atoms with Gasteiger partial charge in [0.25, 0.3) is 0 Å². The van der Waals surface area contributed by atoms with Crippen molar-refractivity contribution in [3.63, 3.8) is 0 Å². The molecule has 10 aromatic carbocycles. The third kappa shape index (κ3) is 4.24. The zero-order valence-electron chi connectivity index (χ0n) is 28.9. The number of fused-ring (bicyclic) bond motifs is 4. The van der Waals surface area contributed by atoms with Crippen LogP contribution in [0.2, 0.25) is 0 Å². The van der Waals surface area contributed by atoms with E-state index in [1.807, 2.05) is 0 Å². The summed E-state index contributed by atoms with van der Waals surface area (Å²) in [7, 11) is 0. The van der Waals surface area contributed by atoms with Crippen molar-refractivity contribution in [2.75, 3.05) is 0 Å². The Balaban J connectivity index is 1.66. The van der Waals surface area contributed by atoms with Gasteiger partial charge >= 0.3 is 0 Å². The second kappa shape index (κ2) is 11.5. The fourth-order valence-electron chi connectivity index (χ4n) is 9.49. The van der Waals surface area contributed by atoms with Crippen LogP contribution in [0.5, 0.6) is 0 Å². The maximum Gasteiger partial charge on any atom is 0.115 e. The highest BCUT2D eigenvalue weighted by Crippen LogP contribution is 2.51. The van der Waals surface area contributed by atoms with E-state index in [-0.39, 0.29) is 8.98 Å². The Kier molecular flexibility index (Phi) is 7.08. The molecule has 0 amide bonds. The molecular formula is C48H30Cl4. The Bertz CT molecular complexity index is 3040. The third-order valence-electron chi connectivity index (χ3n) is 11.5. The van der Waals surface area contributed by atoms with Gasteiger partial charge in [-0.2, -0.15) is 0 Å². The summed E-state index contributed by atoms with van der Waals surface area (Å²) in [6, 6.07) is 39.6. The maximum absolute atomic E-state index is 6.94. The molecule has 52 heavy (non-hydrogen) atoms. The van der Waals surface area contributed by atoms with Gasteiger partial charge in [0.05, 0.1) is 0 Å². The van der Waals surface area contributed by atoms with Gasteiger partial charge in [0.2, 0.25) is 0 Å². The Morgan fingerprint density at radius 3 is 1.02 bits per heavy atom. The minimum Gasteiger partial charge on any atom is -0.0702 e. The monoisotopic (exact) mass is 746 g/mol. The number of benzene rings is 10. The number of hydrogen-bond acceptors (Lipinski definition) is 0. The van der Waals surface area contributed by atoms with Crippen LogP contribution in [0.1, 0.15) is 22.3 Å². The van der Waals surface area contributed by atoms with Crippen LogP contribution in [0.4, 0.5) is 0 Å². The molecule has 250 valence electrons. The zero-order chi connectivity index (χ0) is 35.7. The van der Waals surface area contributed by atoms with E-state index in [0.29, 0.717) is 0 Å². The summed E-state index contributed by atoms with van der Waals surface area (Å²) in [6.07, 6.45) is 0. The van der Waals surface area contributed by atoms with Gasteiger partial charge in [0.15, 0.2) is 0 Å². The summed E-state index contributed by atoms with van der Waals surface area (Å²) >= 11 is 27.7. The molecule has 4 heteroatoms. The fourth-order valence-corrected chi connectivity index (χ4v) is 10.3. The number of halogens is 4. The van der Waals surface area contributed by atoms with Crippen molar-refractivity contribution in [2.45, 2.75) is 27.7 Å². The molecule has 0 aromatic heterocycles. The van der Waals surface area contributed by atoms with Crippen LogP contribution in [0, 0.1) is 27.7 Å². The van der Waals surface area contributed by atoms with E-state index in [9.17, 15) is 0 Å². The summed E-state index contributed by atoms with van der Waals surface area (Å²) in [4.78, 5) is 0. The maximum atomic E-state index is 6.94. The lowest BCUT2D eigenvalue weighted by atomic mass is 9.78. The van der Waals surface area contributed by atoms with Crippen LogP contribution in [0.25, 0.3) is 107 Å². The summed E-state index contributed by atoms with van der Waals surface area (Å²) in [6.45, 7) is 8.82. The van der Waals surface area contributed by atoms with Gasteiger partial charge in [-0.3, -0.25) is 0 Å². The van der Waals surface area contributed by atoms with Crippen LogP contribution in [-0.2, 0) is 0 Å². The van der Waals surface area contributed by atoms with E-state index < -0.39 is 0 Å². The fraction of sp³-hybridized carbons (Fsp3) is 0.0833. The van der Waals surface area contributed by atoms with Crippen molar-refractivity contribution in [1.82, 2.24) is 0 Å². The normalized spacial score (nSPS) is 12.2. The van der Waals surface area contributed by atoms with Crippen molar-refractivity contribution < 1.29 is 0 Å². The van der Waals surface area contributed by atoms with Gasteiger partial charge in [-0.25, -0.2) is 0 Å². The lowest BCUT2D eigenvalue weighted by molar-refractivity contribution is 1.39. The van der Waals surface area contributed by atoms with E-state index in [0.717, 1.165) is 64.3 Å². The van der Waals surface area contributed by atoms with Gasteiger partial charge < -0.3 is 0 Å². The van der Waals surface area contributed by atoms with Crippen molar-refractivity contribution in [1.29, 1.82) is 0 Å². The van der Waals surface area contributed by atoms with Gasteiger partial charge in [0.1, 0.15) is 8.98 Å². The molecule has 0 aliphatic heterocycles. The second-order valence-electron chi connectivity index (χ2n) is 14.3. The predicted molar refractivity (Wildman–Crippen MR) is 231 cm³/mol. The van der Waals surface area contributed by atoms with Crippen molar-refractivity contribution in [2.24, 2.45) is 0 Å². The topological polar surface area (TPSA) is 0 Å². The minimum absolute atomic E-state index is 0.257. The molecule has 0 N–H and O–H groups in total.